The lowest BCUT2D eigenvalue weighted by atomic mass is 9.84. The van der Waals surface area contributed by atoms with Gasteiger partial charge in [0.2, 0.25) is 0 Å². The van der Waals surface area contributed by atoms with Gasteiger partial charge in [-0.25, -0.2) is 38.7 Å². The second-order valence-corrected chi connectivity index (χ2v) is 25.6. The Bertz CT molecular complexity index is 3920. The van der Waals surface area contributed by atoms with Crippen molar-refractivity contribution >= 4 is 67.5 Å². The minimum atomic E-state index is -0.323. The van der Waals surface area contributed by atoms with Crippen LogP contribution in [-0.2, 0) is 12.8 Å². The first-order chi connectivity index (χ1) is 44.4. The molecule has 4 saturated heterocycles. The molecule has 0 spiro atoms. The van der Waals surface area contributed by atoms with E-state index in [0.717, 1.165) is 131 Å². The van der Waals surface area contributed by atoms with Gasteiger partial charge < -0.3 is 30.2 Å². The Balaban J connectivity index is 0.000000179. The summed E-state index contributed by atoms with van der Waals surface area (Å²) in [5, 5.41) is 27.8. The smallest absolute Gasteiger partial charge is 0.192 e. The van der Waals surface area contributed by atoms with Crippen molar-refractivity contribution < 1.29 is 10.2 Å². The maximum Gasteiger partial charge on any atom is 0.192 e. The number of pyridine rings is 4. The van der Waals surface area contributed by atoms with E-state index < -0.39 is 0 Å². The van der Waals surface area contributed by atoms with E-state index in [1.54, 1.807) is 31.2 Å². The Hall–Kier alpha value is -8.66. The number of aryl methyl sites for hydroxylation is 2. The number of halogens is 2. The van der Waals surface area contributed by atoms with Crippen molar-refractivity contribution in [3.63, 3.8) is 0 Å². The van der Waals surface area contributed by atoms with E-state index in [-0.39, 0.29) is 19.1 Å². The highest BCUT2D eigenvalue weighted by Gasteiger charge is 2.29. The molecule has 0 saturated carbocycles. The highest BCUT2D eigenvalue weighted by atomic mass is 32.1. The predicted molar refractivity (Wildman–Crippen MR) is 366 cm³/mol. The molecule has 0 atom stereocenters. The van der Waals surface area contributed by atoms with Gasteiger partial charge in [-0.05, 0) is 198 Å². The van der Waals surface area contributed by atoms with Crippen molar-refractivity contribution in [2.45, 2.75) is 86.5 Å². The van der Waals surface area contributed by atoms with Crippen LogP contribution in [0.1, 0.15) is 96.1 Å². The molecular weight excluding hydrogens is 1180 g/mol. The molecule has 91 heavy (non-hydrogen) atoms. The quantitative estimate of drug-likeness (QED) is 0.0936. The molecular formula is C71H80F2N16S2. The molecule has 0 bridgehead atoms. The number of nitriles is 2. The lowest BCUT2D eigenvalue weighted by Crippen LogP contribution is -2.44. The van der Waals surface area contributed by atoms with Crippen molar-refractivity contribution in [1.29, 1.82) is 10.5 Å². The molecule has 0 unspecified atom stereocenters. The molecule has 4 aliphatic heterocycles. The summed E-state index contributed by atoms with van der Waals surface area (Å²) in [6.07, 6.45) is 17.3. The summed E-state index contributed by atoms with van der Waals surface area (Å²) in [5.41, 5.74) is 10.3. The third-order valence-electron chi connectivity index (χ3n) is 18.0. The molecule has 20 heteroatoms. The van der Waals surface area contributed by atoms with Crippen molar-refractivity contribution in [3.8, 4) is 56.9 Å². The van der Waals surface area contributed by atoms with Crippen LogP contribution in [0.5, 0.6) is 0 Å². The van der Waals surface area contributed by atoms with Crippen molar-refractivity contribution in [2.75, 3.05) is 86.1 Å². The van der Waals surface area contributed by atoms with Gasteiger partial charge in [-0.1, -0.05) is 57.8 Å². The number of anilines is 6. The Kier molecular flexibility index (Phi) is 19.7. The van der Waals surface area contributed by atoms with E-state index in [9.17, 15) is 19.3 Å². The summed E-state index contributed by atoms with van der Waals surface area (Å²) in [6.45, 7) is 15.5. The SMILES string of the molecule is C.CCc1nc2ccc(-c3ccc(N4CCC(CC5CNC5)CC4)nc3)cn2c1N(C)c1nc(-c2ccc(F)cc2)c(C#N)s1.CCc1nc2ccc(-c3ccc(N4CCC(CC5CNC5)CC4)nc3)cn2c1N(C)c1nc(-c2ccc(F)cc2)c(C#N)s1.[2H]CC. The zero-order valence-corrected chi connectivity index (χ0v) is 53.3. The van der Waals surface area contributed by atoms with Crippen LogP contribution >= 0.6 is 22.7 Å². The number of rotatable bonds is 16. The van der Waals surface area contributed by atoms with Crippen LogP contribution in [-0.4, -0.2) is 105 Å². The summed E-state index contributed by atoms with van der Waals surface area (Å²) in [7, 11) is 3.90. The van der Waals surface area contributed by atoms with Gasteiger partial charge in [0.15, 0.2) is 10.3 Å². The third-order valence-corrected chi connectivity index (χ3v) is 20.1. The first kappa shape index (κ1) is 62.5. The topological polar surface area (TPSA) is 171 Å². The second-order valence-electron chi connectivity index (χ2n) is 23.7. The van der Waals surface area contributed by atoms with E-state index in [4.69, 9.17) is 31.3 Å². The second kappa shape index (κ2) is 28.7. The molecule has 4 fully saturated rings. The molecule has 4 aliphatic rings. The summed E-state index contributed by atoms with van der Waals surface area (Å²) >= 11 is 2.63. The maximum absolute atomic E-state index is 13.5. The number of nitrogens with zero attached hydrogens (tertiary/aromatic N) is 14. The first-order valence-electron chi connectivity index (χ1n) is 32.1. The monoisotopic (exact) mass is 1260 g/mol. The van der Waals surface area contributed by atoms with Crippen LogP contribution in [0, 0.1) is 58.0 Å². The molecule has 470 valence electrons. The number of fused-ring (bicyclic) bond motifs is 2. The maximum atomic E-state index is 13.5. The van der Waals surface area contributed by atoms with Crippen LogP contribution in [0.25, 0.3) is 56.1 Å². The minimum Gasteiger partial charge on any atom is -0.357 e. The first-order valence-corrected chi connectivity index (χ1v) is 33.0. The molecule has 0 radical (unpaired) electrons. The molecule has 14 rings (SSSR count). The number of imidazole rings is 2. The summed E-state index contributed by atoms with van der Waals surface area (Å²) in [4.78, 5) is 39.0. The molecule has 0 amide bonds. The standard InChI is InChI=1S/2C34H35FN8S.C2H6.CH4/c2*1-3-28-33(41(2)34-40-32(29(17-36)44-34)24-4-8-27(35)9-5-24)43-21-26(7-11-31(43)39-28)25-6-10-30(38-20-25)42-14-12-22(13-15-42)16-23-18-37-19-23;1-2;/h2*4-11,20-23,37H,3,12-16,18-19H2,1-2H3;1-2H3;1H4/i;;1D;. The fourth-order valence-corrected chi connectivity index (χ4v) is 14.5. The van der Waals surface area contributed by atoms with Crippen LogP contribution in [0.15, 0.2) is 122 Å². The zero-order valence-electron chi connectivity index (χ0n) is 52.7. The van der Waals surface area contributed by atoms with Crippen LogP contribution in [0.4, 0.5) is 42.3 Å². The highest BCUT2D eigenvalue weighted by Crippen LogP contribution is 2.40. The van der Waals surface area contributed by atoms with E-state index in [1.807, 2.05) is 48.4 Å². The van der Waals surface area contributed by atoms with Crippen LogP contribution in [0.3, 0.4) is 0 Å². The van der Waals surface area contributed by atoms with Gasteiger partial charge in [0, 0.05) is 99.8 Å². The number of aromatic nitrogens is 8. The van der Waals surface area contributed by atoms with Gasteiger partial charge in [-0.2, -0.15) is 10.5 Å². The van der Waals surface area contributed by atoms with E-state index in [1.165, 1.54) is 112 Å². The zero-order chi connectivity index (χ0) is 63.1. The molecule has 10 aromatic rings. The summed E-state index contributed by atoms with van der Waals surface area (Å²) in [5.74, 6) is 6.68. The highest BCUT2D eigenvalue weighted by molar-refractivity contribution is 7.17. The summed E-state index contributed by atoms with van der Waals surface area (Å²) < 4.78 is 37.5. The van der Waals surface area contributed by atoms with Gasteiger partial charge in [0.05, 0.1) is 11.4 Å². The fraction of sp³-hybridized carbons (Fsp3) is 0.380. The lowest BCUT2D eigenvalue weighted by molar-refractivity contribution is 0.249. The lowest BCUT2D eigenvalue weighted by Gasteiger charge is -2.36. The van der Waals surface area contributed by atoms with E-state index in [0.29, 0.717) is 49.4 Å². The largest absolute Gasteiger partial charge is 0.357 e. The van der Waals surface area contributed by atoms with E-state index >= 15 is 0 Å². The Morgan fingerprint density at radius 3 is 1.22 bits per heavy atom. The number of nitrogens with one attached hydrogen (secondary N) is 2. The minimum absolute atomic E-state index is 0. The van der Waals surface area contributed by atoms with Crippen molar-refractivity contribution in [3.05, 3.63) is 155 Å². The summed E-state index contributed by atoms with van der Waals surface area (Å²) in [6, 6.07) is 33.6. The normalized spacial score (nSPS) is 15.5. The Labute approximate surface area is 542 Å². The molecule has 2 N–H and O–H groups in total. The average Bonchev–Trinajstić information content (AvgIpc) is 1.69. The Morgan fingerprint density at radius 2 is 0.901 bits per heavy atom. The molecule has 2 aromatic carbocycles. The molecule has 12 heterocycles. The predicted octanol–water partition coefficient (Wildman–Crippen LogP) is 15.0. The fourth-order valence-electron chi connectivity index (χ4n) is 12.8. The molecule has 0 aliphatic carbocycles. The van der Waals surface area contributed by atoms with Crippen molar-refractivity contribution in [2.24, 2.45) is 23.7 Å². The number of hydrogen-bond acceptors (Lipinski definition) is 16. The number of thiazole rings is 2. The third kappa shape index (κ3) is 13.7. The average molecular weight is 1260 g/mol. The molecule has 8 aromatic heterocycles. The van der Waals surface area contributed by atoms with Crippen LogP contribution in [0.2, 0.25) is 0 Å². The number of piperidine rings is 2. The van der Waals surface area contributed by atoms with Gasteiger partial charge >= 0.3 is 0 Å². The van der Waals surface area contributed by atoms with Gasteiger partial charge in [0.25, 0.3) is 0 Å². The molecule has 16 nitrogen and oxygen atoms in total. The van der Waals surface area contributed by atoms with E-state index in [2.05, 4.69) is 104 Å². The van der Waals surface area contributed by atoms with Gasteiger partial charge in [-0.15, -0.1) is 0 Å². The number of benzene rings is 2. The Morgan fingerprint density at radius 1 is 0.538 bits per heavy atom. The van der Waals surface area contributed by atoms with Crippen molar-refractivity contribution in [1.82, 2.24) is 49.3 Å². The van der Waals surface area contributed by atoms with Gasteiger partial charge in [0.1, 0.15) is 79.5 Å². The number of hydrogen-bond donors (Lipinski definition) is 2. The van der Waals surface area contributed by atoms with Crippen LogP contribution < -0.4 is 30.2 Å². The van der Waals surface area contributed by atoms with Gasteiger partial charge in [-0.3, -0.25) is 8.80 Å².